The molecule has 2 atom stereocenters. The average Bonchev–Trinajstić information content (AvgIpc) is 3.58. The minimum Gasteiger partial charge on any atom is -0.481 e. The second kappa shape index (κ2) is 8.78. The van der Waals surface area contributed by atoms with Gasteiger partial charge in [-0.2, -0.15) is 0 Å². The van der Waals surface area contributed by atoms with Crippen molar-refractivity contribution in [1.82, 2.24) is 10.2 Å². The first-order valence-corrected chi connectivity index (χ1v) is 12.0. The lowest BCUT2D eigenvalue weighted by molar-refractivity contribution is -0.149. The number of carboxylic acid groups (broad SMARTS) is 1. The molecule has 2 unspecified atom stereocenters. The second-order valence-corrected chi connectivity index (χ2v) is 9.88. The number of nitrogens with one attached hydrogen (secondary N) is 1. The van der Waals surface area contributed by atoms with Gasteiger partial charge in [0.15, 0.2) is 0 Å². The first-order chi connectivity index (χ1) is 16.4. The molecular weight excluding hydrogens is 432 g/mol. The number of likely N-dealkylation sites (tertiary alicyclic amines) is 1. The molecule has 2 aromatic carbocycles. The van der Waals surface area contributed by atoms with Crippen molar-refractivity contribution in [2.24, 2.45) is 11.3 Å². The van der Waals surface area contributed by atoms with Crippen LogP contribution in [0.4, 0.5) is 4.79 Å². The van der Waals surface area contributed by atoms with E-state index >= 15 is 0 Å². The molecule has 2 aromatic rings. The predicted molar refractivity (Wildman–Crippen MR) is 126 cm³/mol. The van der Waals surface area contributed by atoms with E-state index in [2.05, 4.69) is 29.6 Å². The van der Waals surface area contributed by atoms with Crippen LogP contribution in [-0.2, 0) is 14.3 Å². The van der Waals surface area contributed by atoms with E-state index in [1.54, 1.807) is 4.90 Å². The average molecular weight is 463 g/mol. The molecule has 3 aliphatic rings. The molecule has 178 valence electrons. The fourth-order valence-electron chi connectivity index (χ4n) is 5.40. The van der Waals surface area contributed by atoms with Gasteiger partial charge >= 0.3 is 12.1 Å². The molecule has 7 heteroatoms. The van der Waals surface area contributed by atoms with Crippen molar-refractivity contribution in [2.75, 3.05) is 19.7 Å². The third-order valence-corrected chi connectivity index (χ3v) is 7.71. The minimum atomic E-state index is -0.855. The molecule has 2 aliphatic carbocycles. The molecule has 1 heterocycles. The van der Waals surface area contributed by atoms with Gasteiger partial charge in [-0.05, 0) is 54.9 Å². The van der Waals surface area contributed by atoms with Crippen molar-refractivity contribution in [3.8, 4) is 11.1 Å². The van der Waals surface area contributed by atoms with Crippen LogP contribution in [0.3, 0.4) is 0 Å². The number of aliphatic carboxylic acids is 1. The van der Waals surface area contributed by atoms with Gasteiger partial charge in [-0.25, -0.2) is 4.79 Å². The molecule has 2 amide bonds. The van der Waals surface area contributed by atoms with E-state index in [1.807, 2.05) is 31.2 Å². The Morgan fingerprint density at radius 1 is 1.03 bits per heavy atom. The van der Waals surface area contributed by atoms with E-state index in [1.165, 1.54) is 11.1 Å². The minimum absolute atomic E-state index is 0.00929. The van der Waals surface area contributed by atoms with Crippen LogP contribution in [0.15, 0.2) is 48.5 Å². The molecule has 7 nitrogen and oxygen atoms in total. The molecule has 2 N–H and O–H groups in total. The summed E-state index contributed by atoms with van der Waals surface area (Å²) in [6.07, 6.45) is 2.12. The zero-order chi connectivity index (χ0) is 23.9. The molecule has 0 aromatic heterocycles. The summed E-state index contributed by atoms with van der Waals surface area (Å²) in [6.45, 7) is 2.64. The van der Waals surface area contributed by atoms with Gasteiger partial charge in [-0.3, -0.25) is 9.59 Å². The highest BCUT2D eigenvalue weighted by Crippen LogP contribution is 2.48. The number of fused-ring (bicyclic) bond motifs is 3. The number of ether oxygens (including phenoxy) is 1. The monoisotopic (exact) mass is 462 g/mol. The standard InChI is InChI=1S/C27H30N2O5/c1-17-10-11-18(24(30)31)14-29(17)25(32)27(12-13-27)16-28-26(33)34-15-23-21-8-4-2-6-19(21)20-7-3-5-9-22(20)23/h2-9,17-18,23H,10-16H2,1H3,(H,28,33)(H,30,31). The summed E-state index contributed by atoms with van der Waals surface area (Å²) in [4.78, 5) is 39.0. The maximum atomic E-state index is 13.3. The lowest BCUT2D eigenvalue weighted by Crippen LogP contribution is -2.52. The van der Waals surface area contributed by atoms with Crippen LogP contribution in [0.25, 0.3) is 11.1 Å². The first kappa shape index (κ1) is 22.4. The number of benzene rings is 2. The summed E-state index contributed by atoms with van der Waals surface area (Å²) >= 11 is 0. The Morgan fingerprint density at radius 3 is 2.24 bits per heavy atom. The SMILES string of the molecule is CC1CCC(C(=O)O)CN1C(=O)C1(CNC(=O)OCC2c3ccccc3-c3ccccc32)CC1. The van der Waals surface area contributed by atoms with Crippen LogP contribution in [0.2, 0.25) is 0 Å². The van der Waals surface area contributed by atoms with Gasteiger partial charge in [0.05, 0.1) is 11.3 Å². The Kier molecular flexibility index (Phi) is 5.80. The number of nitrogens with zero attached hydrogens (tertiary/aromatic N) is 1. The molecule has 0 bridgehead atoms. The number of carbonyl (C=O) groups excluding carboxylic acids is 2. The highest BCUT2D eigenvalue weighted by atomic mass is 16.5. The van der Waals surface area contributed by atoms with Gasteiger partial charge in [0.1, 0.15) is 6.61 Å². The van der Waals surface area contributed by atoms with Gasteiger partial charge in [0, 0.05) is 25.0 Å². The summed E-state index contributed by atoms with van der Waals surface area (Å²) in [6, 6.07) is 16.4. The Hall–Kier alpha value is -3.35. The predicted octanol–water partition coefficient (Wildman–Crippen LogP) is 4.02. The number of hydrogen-bond acceptors (Lipinski definition) is 4. The van der Waals surface area contributed by atoms with E-state index in [9.17, 15) is 19.5 Å². The second-order valence-electron chi connectivity index (χ2n) is 9.88. The van der Waals surface area contributed by atoms with Gasteiger partial charge < -0.3 is 20.1 Å². The van der Waals surface area contributed by atoms with Gasteiger partial charge in [-0.1, -0.05) is 48.5 Å². The zero-order valence-electron chi connectivity index (χ0n) is 19.3. The summed E-state index contributed by atoms with van der Waals surface area (Å²) in [5.74, 6) is -1.45. The fraction of sp³-hybridized carbons (Fsp3) is 0.444. The van der Waals surface area contributed by atoms with E-state index in [0.717, 1.165) is 11.1 Å². The van der Waals surface area contributed by atoms with Crippen molar-refractivity contribution in [2.45, 2.75) is 44.6 Å². The van der Waals surface area contributed by atoms with E-state index in [4.69, 9.17) is 4.74 Å². The summed E-state index contributed by atoms with van der Waals surface area (Å²) in [5.41, 5.74) is 4.00. The Labute approximate surface area is 199 Å². The third-order valence-electron chi connectivity index (χ3n) is 7.71. The van der Waals surface area contributed by atoms with E-state index in [-0.39, 0.29) is 37.6 Å². The van der Waals surface area contributed by atoms with Crippen molar-refractivity contribution in [3.63, 3.8) is 0 Å². The molecular formula is C27H30N2O5. The topological polar surface area (TPSA) is 95.9 Å². The number of rotatable bonds is 6. The number of carboxylic acids is 1. The quantitative estimate of drug-likeness (QED) is 0.676. The van der Waals surface area contributed by atoms with Crippen LogP contribution in [0.5, 0.6) is 0 Å². The summed E-state index contributed by atoms with van der Waals surface area (Å²) in [5, 5.41) is 12.2. The van der Waals surface area contributed by atoms with Crippen molar-refractivity contribution in [1.29, 1.82) is 0 Å². The van der Waals surface area contributed by atoms with Gasteiger partial charge in [0.2, 0.25) is 5.91 Å². The van der Waals surface area contributed by atoms with Crippen LogP contribution < -0.4 is 5.32 Å². The molecule has 2 fully saturated rings. The summed E-state index contributed by atoms with van der Waals surface area (Å²) < 4.78 is 5.61. The van der Waals surface area contributed by atoms with Crippen molar-refractivity contribution >= 4 is 18.0 Å². The molecule has 0 radical (unpaired) electrons. The van der Waals surface area contributed by atoms with Gasteiger partial charge in [0.25, 0.3) is 0 Å². The molecule has 1 aliphatic heterocycles. The Morgan fingerprint density at radius 2 is 1.65 bits per heavy atom. The number of carbonyl (C=O) groups is 3. The molecule has 1 saturated carbocycles. The highest BCUT2D eigenvalue weighted by molar-refractivity contribution is 5.87. The maximum absolute atomic E-state index is 13.3. The lowest BCUT2D eigenvalue weighted by atomic mass is 9.91. The first-order valence-electron chi connectivity index (χ1n) is 12.0. The fourth-order valence-corrected chi connectivity index (χ4v) is 5.40. The van der Waals surface area contributed by atoms with Gasteiger partial charge in [-0.15, -0.1) is 0 Å². The normalized spacial score (nSPS) is 22.4. The number of amides is 2. The Bertz CT molecular complexity index is 1080. The molecule has 5 rings (SSSR count). The summed E-state index contributed by atoms with van der Waals surface area (Å²) in [7, 11) is 0. The largest absolute Gasteiger partial charge is 0.481 e. The van der Waals surface area contributed by atoms with Crippen LogP contribution >= 0.6 is 0 Å². The highest BCUT2D eigenvalue weighted by Gasteiger charge is 2.53. The lowest BCUT2D eigenvalue weighted by Gasteiger charge is -2.38. The number of hydrogen-bond donors (Lipinski definition) is 2. The molecule has 1 saturated heterocycles. The van der Waals surface area contributed by atoms with E-state index < -0.39 is 23.4 Å². The van der Waals surface area contributed by atoms with Crippen LogP contribution in [0.1, 0.15) is 49.7 Å². The van der Waals surface area contributed by atoms with E-state index in [0.29, 0.717) is 25.7 Å². The van der Waals surface area contributed by atoms with Crippen LogP contribution in [0, 0.1) is 11.3 Å². The van der Waals surface area contributed by atoms with Crippen molar-refractivity contribution < 1.29 is 24.2 Å². The smallest absolute Gasteiger partial charge is 0.407 e. The molecule has 34 heavy (non-hydrogen) atoms. The zero-order valence-corrected chi connectivity index (χ0v) is 19.3. The van der Waals surface area contributed by atoms with Crippen molar-refractivity contribution in [3.05, 3.63) is 59.7 Å². The maximum Gasteiger partial charge on any atom is 0.407 e. The number of alkyl carbamates (subject to hydrolysis) is 1. The molecule has 0 spiro atoms. The number of piperidine rings is 1. The Balaban J connectivity index is 1.19. The van der Waals surface area contributed by atoms with Crippen LogP contribution in [-0.4, -0.2) is 53.7 Å². The third kappa shape index (κ3) is 4.04.